The minimum atomic E-state index is -0.241. The second-order valence-electron chi connectivity index (χ2n) is 7.10. The molecule has 1 spiro atoms. The summed E-state index contributed by atoms with van der Waals surface area (Å²) in [7, 11) is 0. The van der Waals surface area contributed by atoms with Crippen molar-refractivity contribution in [3.05, 3.63) is 0 Å². The number of hydrogen-bond donors (Lipinski definition) is 1. The molecule has 2 rings (SSSR count). The molecule has 110 valence electrons. The van der Waals surface area contributed by atoms with Gasteiger partial charge in [0.25, 0.3) is 0 Å². The highest BCUT2D eigenvalue weighted by Gasteiger charge is 2.38. The summed E-state index contributed by atoms with van der Waals surface area (Å²) in [4.78, 5) is 14.3. The Hall–Kier alpha value is -0.610. The fourth-order valence-electron chi connectivity index (χ4n) is 3.17. The normalized spacial score (nSPS) is 28.7. The molecule has 0 bridgehead atoms. The fraction of sp³-hybridized carbons (Fsp3) is 0.933. The SMILES string of the molecule is CC(C)(C)OCC(=O)N1CCCC2(CCCNC2)C1. The molecule has 1 amide bonds. The number of nitrogens with zero attached hydrogens (tertiary/aromatic N) is 1. The summed E-state index contributed by atoms with van der Waals surface area (Å²) in [6, 6.07) is 0. The van der Waals surface area contributed by atoms with E-state index in [9.17, 15) is 4.79 Å². The molecule has 19 heavy (non-hydrogen) atoms. The zero-order chi connectivity index (χ0) is 13.9. The van der Waals surface area contributed by atoms with Crippen LogP contribution in [0.25, 0.3) is 0 Å². The van der Waals surface area contributed by atoms with Gasteiger partial charge in [0.05, 0.1) is 5.60 Å². The molecule has 1 atom stereocenters. The lowest BCUT2D eigenvalue weighted by Crippen LogP contribution is -2.53. The molecule has 2 aliphatic heterocycles. The first kappa shape index (κ1) is 14.8. The minimum Gasteiger partial charge on any atom is -0.366 e. The third-order valence-electron chi connectivity index (χ3n) is 4.20. The number of carbonyl (C=O) groups excluding carboxylic acids is 1. The Morgan fingerprint density at radius 1 is 1.32 bits per heavy atom. The standard InChI is InChI=1S/C15H28N2O2/c1-14(2,3)19-10-13(18)17-9-5-7-15(12-17)6-4-8-16-11-15/h16H,4-12H2,1-3H3. The average molecular weight is 268 g/mol. The largest absolute Gasteiger partial charge is 0.366 e. The van der Waals surface area contributed by atoms with Crippen LogP contribution in [0.5, 0.6) is 0 Å². The molecule has 2 aliphatic rings. The minimum absolute atomic E-state index is 0.152. The van der Waals surface area contributed by atoms with Crippen molar-refractivity contribution in [2.45, 2.75) is 52.1 Å². The highest BCUT2D eigenvalue weighted by atomic mass is 16.5. The lowest BCUT2D eigenvalue weighted by atomic mass is 9.74. The van der Waals surface area contributed by atoms with Crippen LogP contribution in [-0.4, -0.2) is 49.2 Å². The lowest BCUT2D eigenvalue weighted by Gasteiger charge is -2.45. The molecule has 4 heteroatoms. The van der Waals surface area contributed by atoms with Gasteiger partial charge in [-0.3, -0.25) is 4.79 Å². The van der Waals surface area contributed by atoms with Crippen molar-refractivity contribution >= 4 is 5.91 Å². The summed E-state index contributed by atoms with van der Waals surface area (Å²) in [5.74, 6) is 0.152. The molecular formula is C15H28N2O2. The number of likely N-dealkylation sites (tertiary alicyclic amines) is 1. The van der Waals surface area contributed by atoms with E-state index in [1.807, 2.05) is 25.7 Å². The molecule has 0 aromatic rings. The first-order valence-corrected chi connectivity index (χ1v) is 7.53. The molecule has 0 aliphatic carbocycles. The molecule has 0 saturated carbocycles. The van der Waals surface area contributed by atoms with Gasteiger partial charge in [0.2, 0.25) is 5.91 Å². The van der Waals surface area contributed by atoms with Crippen molar-refractivity contribution in [2.24, 2.45) is 5.41 Å². The average Bonchev–Trinajstić information content (AvgIpc) is 2.36. The molecule has 4 nitrogen and oxygen atoms in total. The van der Waals surface area contributed by atoms with E-state index in [2.05, 4.69) is 5.32 Å². The maximum Gasteiger partial charge on any atom is 0.248 e. The zero-order valence-electron chi connectivity index (χ0n) is 12.6. The van der Waals surface area contributed by atoms with Crippen molar-refractivity contribution in [1.29, 1.82) is 0 Å². The molecule has 2 fully saturated rings. The maximum absolute atomic E-state index is 12.3. The predicted molar refractivity (Wildman–Crippen MR) is 76.1 cm³/mol. The van der Waals surface area contributed by atoms with Gasteiger partial charge >= 0.3 is 0 Å². The van der Waals surface area contributed by atoms with Gasteiger partial charge in [-0.2, -0.15) is 0 Å². The van der Waals surface area contributed by atoms with Crippen molar-refractivity contribution in [1.82, 2.24) is 10.2 Å². The van der Waals surface area contributed by atoms with Gasteiger partial charge < -0.3 is 15.0 Å². The molecule has 2 heterocycles. The summed E-state index contributed by atoms with van der Waals surface area (Å²) >= 11 is 0. The van der Waals surface area contributed by atoms with Crippen LogP contribution in [-0.2, 0) is 9.53 Å². The van der Waals surface area contributed by atoms with E-state index >= 15 is 0 Å². The summed E-state index contributed by atoms with van der Waals surface area (Å²) in [6.45, 7) is 10.2. The number of nitrogens with one attached hydrogen (secondary N) is 1. The second-order valence-corrected chi connectivity index (χ2v) is 7.10. The van der Waals surface area contributed by atoms with Crippen LogP contribution < -0.4 is 5.32 Å². The molecule has 1 unspecified atom stereocenters. The quantitative estimate of drug-likeness (QED) is 0.830. The molecule has 0 aromatic heterocycles. The highest BCUT2D eigenvalue weighted by molar-refractivity contribution is 5.77. The van der Waals surface area contributed by atoms with E-state index in [1.54, 1.807) is 0 Å². The summed E-state index contributed by atoms with van der Waals surface area (Å²) < 4.78 is 5.61. The lowest BCUT2D eigenvalue weighted by molar-refractivity contribution is -0.144. The molecule has 1 N–H and O–H groups in total. The van der Waals surface area contributed by atoms with Gasteiger partial charge in [0.1, 0.15) is 6.61 Å². The number of ether oxygens (including phenoxy) is 1. The molecule has 2 saturated heterocycles. The van der Waals surface area contributed by atoms with Gasteiger partial charge in [0, 0.05) is 25.0 Å². The van der Waals surface area contributed by atoms with Crippen LogP contribution in [0.3, 0.4) is 0 Å². The maximum atomic E-state index is 12.3. The van der Waals surface area contributed by atoms with Crippen molar-refractivity contribution in [2.75, 3.05) is 32.8 Å². The van der Waals surface area contributed by atoms with Crippen LogP contribution in [0.2, 0.25) is 0 Å². The molecular weight excluding hydrogens is 240 g/mol. The Bertz CT molecular complexity index is 311. The first-order valence-electron chi connectivity index (χ1n) is 7.53. The number of piperidine rings is 2. The van der Waals surface area contributed by atoms with E-state index < -0.39 is 0 Å². The van der Waals surface area contributed by atoms with Gasteiger partial charge in [-0.15, -0.1) is 0 Å². The predicted octanol–water partition coefficient (Wildman–Crippen LogP) is 1.79. The van der Waals surface area contributed by atoms with E-state index in [1.165, 1.54) is 19.3 Å². The third kappa shape index (κ3) is 4.18. The van der Waals surface area contributed by atoms with Crippen LogP contribution in [0.4, 0.5) is 0 Å². The van der Waals surface area contributed by atoms with Crippen molar-refractivity contribution in [3.8, 4) is 0 Å². The first-order chi connectivity index (χ1) is 8.90. The van der Waals surface area contributed by atoms with Gasteiger partial charge in [-0.1, -0.05) is 0 Å². The fourth-order valence-corrected chi connectivity index (χ4v) is 3.17. The Morgan fingerprint density at radius 3 is 2.68 bits per heavy atom. The Labute approximate surface area is 116 Å². The zero-order valence-corrected chi connectivity index (χ0v) is 12.6. The van der Waals surface area contributed by atoms with Crippen LogP contribution in [0.15, 0.2) is 0 Å². The van der Waals surface area contributed by atoms with E-state index in [0.717, 1.165) is 32.6 Å². The third-order valence-corrected chi connectivity index (χ3v) is 4.20. The topological polar surface area (TPSA) is 41.6 Å². The molecule has 0 aromatic carbocycles. The number of amides is 1. The number of hydrogen-bond acceptors (Lipinski definition) is 3. The smallest absolute Gasteiger partial charge is 0.248 e. The van der Waals surface area contributed by atoms with Crippen LogP contribution in [0, 0.1) is 5.41 Å². The van der Waals surface area contributed by atoms with E-state index in [-0.39, 0.29) is 18.1 Å². The van der Waals surface area contributed by atoms with Crippen molar-refractivity contribution < 1.29 is 9.53 Å². The number of carbonyl (C=O) groups is 1. The van der Waals surface area contributed by atoms with Crippen LogP contribution >= 0.6 is 0 Å². The van der Waals surface area contributed by atoms with Gasteiger partial charge in [0.15, 0.2) is 0 Å². The summed E-state index contributed by atoms with van der Waals surface area (Å²) in [5.41, 5.74) is 0.0867. The Balaban J connectivity index is 1.88. The van der Waals surface area contributed by atoms with E-state index in [0.29, 0.717) is 5.41 Å². The van der Waals surface area contributed by atoms with Crippen LogP contribution in [0.1, 0.15) is 46.5 Å². The monoisotopic (exact) mass is 268 g/mol. The van der Waals surface area contributed by atoms with Crippen molar-refractivity contribution in [3.63, 3.8) is 0 Å². The number of rotatable bonds is 2. The second kappa shape index (κ2) is 5.80. The molecule has 0 radical (unpaired) electrons. The van der Waals surface area contributed by atoms with Gasteiger partial charge in [-0.05, 0) is 53.0 Å². The Kier molecular flexibility index (Phi) is 4.51. The van der Waals surface area contributed by atoms with Gasteiger partial charge in [-0.25, -0.2) is 0 Å². The highest BCUT2D eigenvalue weighted by Crippen LogP contribution is 2.35. The summed E-state index contributed by atoms with van der Waals surface area (Å²) in [6.07, 6.45) is 4.87. The van der Waals surface area contributed by atoms with E-state index in [4.69, 9.17) is 4.74 Å². The summed E-state index contributed by atoms with van der Waals surface area (Å²) in [5, 5.41) is 3.49. The Morgan fingerprint density at radius 2 is 2.05 bits per heavy atom.